The lowest BCUT2D eigenvalue weighted by Gasteiger charge is -2.35. The molecule has 1 aliphatic rings. The summed E-state index contributed by atoms with van der Waals surface area (Å²) in [5, 5.41) is 5.08. The largest absolute Gasteiger partial charge is 0.494 e. The molecule has 0 amide bonds. The summed E-state index contributed by atoms with van der Waals surface area (Å²) in [5.41, 5.74) is 17.1. The average molecular weight is 1160 g/mol. The van der Waals surface area contributed by atoms with Gasteiger partial charge in [-0.25, -0.2) is 4.98 Å². The van der Waals surface area contributed by atoms with Crippen molar-refractivity contribution in [2.24, 2.45) is 0 Å². The summed E-state index contributed by atoms with van der Waals surface area (Å²) in [6, 6.07) is 61.3. The van der Waals surface area contributed by atoms with Crippen molar-refractivity contribution >= 4 is 32.6 Å². The van der Waals surface area contributed by atoms with Gasteiger partial charge in [-0.05, 0) is 135 Å². The average Bonchev–Trinajstić information content (AvgIpc) is 1.71. The number of hydrogen-bond donors (Lipinski definition) is 0. The summed E-state index contributed by atoms with van der Waals surface area (Å²) in [5.74, 6) is 1.99. The van der Waals surface area contributed by atoms with Crippen molar-refractivity contribution in [3.8, 4) is 39.4 Å². The van der Waals surface area contributed by atoms with Gasteiger partial charge in [-0.2, -0.15) is 0 Å². The van der Waals surface area contributed by atoms with E-state index in [0.29, 0.717) is 0 Å². The molecule has 8 aromatic carbocycles. The second kappa shape index (κ2) is 30.2. The Morgan fingerprint density at radius 1 is 0.379 bits per heavy atom. The molecule has 9 aromatic rings. The van der Waals surface area contributed by atoms with Gasteiger partial charge in [0.15, 0.2) is 0 Å². The minimum atomic E-state index is -0.206. The Kier molecular flexibility index (Phi) is 22.0. The first-order chi connectivity index (χ1) is 42.5. The molecule has 1 aliphatic carbocycles. The highest BCUT2D eigenvalue weighted by Gasteiger charge is 2.43. The van der Waals surface area contributed by atoms with Crippen molar-refractivity contribution in [3.05, 3.63) is 191 Å². The van der Waals surface area contributed by atoms with Crippen LogP contribution in [0.2, 0.25) is 0 Å². The molecular weight excluding hydrogens is 1050 g/mol. The van der Waals surface area contributed by atoms with Crippen LogP contribution < -0.4 is 4.74 Å². The van der Waals surface area contributed by atoms with Crippen LogP contribution in [0.1, 0.15) is 256 Å². The number of fused-ring (bicyclic) bond motifs is 9. The first kappa shape index (κ1) is 63.6. The second-order valence-corrected chi connectivity index (χ2v) is 27.3. The Hall–Kier alpha value is -6.45. The topological polar surface area (TPSA) is 27.1 Å². The summed E-state index contributed by atoms with van der Waals surface area (Å²) in [6.45, 7) is 20.6. The molecule has 0 saturated carbocycles. The number of imidazole rings is 1. The third kappa shape index (κ3) is 14.4. The van der Waals surface area contributed by atoms with Crippen molar-refractivity contribution < 1.29 is 4.74 Å². The van der Waals surface area contributed by atoms with Crippen LogP contribution in [0.3, 0.4) is 0 Å². The fourth-order valence-electron chi connectivity index (χ4n) is 14.9. The molecule has 458 valence electrons. The van der Waals surface area contributed by atoms with Gasteiger partial charge in [0.1, 0.15) is 11.6 Å². The summed E-state index contributed by atoms with van der Waals surface area (Å²) < 4.78 is 9.02. The molecule has 0 radical (unpaired) electrons. The number of unbranched alkanes of at least 4 members (excludes halogenated alkanes) is 20. The Morgan fingerprint density at radius 2 is 0.828 bits per heavy atom. The van der Waals surface area contributed by atoms with E-state index in [9.17, 15) is 0 Å². The zero-order valence-corrected chi connectivity index (χ0v) is 55.1. The molecule has 3 nitrogen and oxygen atoms in total. The van der Waals surface area contributed by atoms with E-state index >= 15 is 0 Å². The molecule has 3 heteroatoms. The Balaban J connectivity index is 1.13. The van der Waals surface area contributed by atoms with E-state index in [0.717, 1.165) is 48.6 Å². The van der Waals surface area contributed by atoms with E-state index in [4.69, 9.17) is 9.72 Å². The molecule has 10 rings (SSSR count). The lowest BCUT2D eigenvalue weighted by Crippen LogP contribution is -2.27. The first-order valence-corrected chi connectivity index (χ1v) is 35.1. The highest BCUT2D eigenvalue weighted by Crippen LogP contribution is 2.56. The monoisotopic (exact) mass is 1160 g/mol. The second-order valence-electron chi connectivity index (χ2n) is 27.3. The zero-order valence-electron chi connectivity index (χ0n) is 55.1. The number of aryl methyl sites for hydroxylation is 1. The van der Waals surface area contributed by atoms with Crippen LogP contribution in [0, 0.1) is 0 Å². The fraction of sp³-hybridized carbons (Fsp3) is 0.464. The molecule has 0 saturated heterocycles. The number of nitrogens with zero attached hydrogens (tertiary/aromatic N) is 2. The van der Waals surface area contributed by atoms with Gasteiger partial charge < -0.3 is 9.30 Å². The van der Waals surface area contributed by atoms with Crippen LogP contribution in [0.4, 0.5) is 0 Å². The molecule has 0 spiro atoms. The molecule has 0 aliphatic heterocycles. The van der Waals surface area contributed by atoms with Crippen LogP contribution >= 0.6 is 0 Å². The lowest BCUT2D eigenvalue weighted by molar-refractivity contribution is 0.304. The van der Waals surface area contributed by atoms with Crippen molar-refractivity contribution in [1.29, 1.82) is 0 Å². The van der Waals surface area contributed by atoms with Gasteiger partial charge in [-0.3, -0.25) is 0 Å². The predicted molar refractivity (Wildman–Crippen MR) is 377 cm³/mol. The SMILES string of the molecule is CCCCCCCCOc1ccc(-c2nc3c4cc(C(C)(C)c5ccccc5)ccc4c4ccc(-c5ccc6c(c5)C(CCCCCCCC)(CCCCCCCC)c5cc(C(C)(C)c7ccccc7)ccc5-6)cc4c3n2CCCCCCCC)cc1. The Labute approximate surface area is 526 Å². The minimum absolute atomic E-state index is 0.0655. The maximum Gasteiger partial charge on any atom is 0.141 e. The van der Waals surface area contributed by atoms with Crippen LogP contribution in [-0.4, -0.2) is 16.2 Å². The van der Waals surface area contributed by atoms with Gasteiger partial charge in [0.25, 0.3) is 0 Å². The summed E-state index contributed by atoms with van der Waals surface area (Å²) in [6.07, 6.45) is 33.0. The van der Waals surface area contributed by atoms with E-state index in [1.54, 1.807) is 11.1 Å². The molecule has 0 bridgehead atoms. The summed E-state index contributed by atoms with van der Waals surface area (Å²) in [4.78, 5) is 5.89. The molecule has 0 N–H and O–H groups in total. The van der Waals surface area contributed by atoms with Gasteiger partial charge in [0.2, 0.25) is 0 Å². The smallest absolute Gasteiger partial charge is 0.141 e. The van der Waals surface area contributed by atoms with Crippen LogP contribution in [-0.2, 0) is 22.8 Å². The van der Waals surface area contributed by atoms with Gasteiger partial charge >= 0.3 is 0 Å². The molecule has 1 heterocycles. The number of ether oxygens (including phenoxy) is 1. The fourth-order valence-corrected chi connectivity index (χ4v) is 14.9. The van der Waals surface area contributed by atoms with Crippen molar-refractivity contribution in [3.63, 3.8) is 0 Å². The van der Waals surface area contributed by atoms with Crippen LogP contribution in [0.25, 0.3) is 66.2 Å². The van der Waals surface area contributed by atoms with Crippen LogP contribution in [0.15, 0.2) is 158 Å². The third-order valence-electron chi connectivity index (χ3n) is 20.5. The normalized spacial score (nSPS) is 13.1. The number of benzene rings is 8. The summed E-state index contributed by atoms with van der Waals surface area (Å²) >= 11 is 0. The van der Waals surface area contributed by atoms with E-state index in [2.05, 4.69) is 218 Å². The standard InChI is InChI=1S/C84H106N2O/c1-9-13-17-21-25-35-55-84(56-36-26-22-18-14-10-2)77-60-65(46-52-73(77)74-54-48-69(62-78(74)84)83(7,8)67-41-33-30-34-42-67)64-45-51-72-71-53-47-68(82(5,6)66-39-31-29-32-40-66)61-75(71)79-80(76(72)59-64)86(57-37-27-23-19-15-11-3)81(85-79)63-43-49-70(50-44-63)87-58-38-28-24-20-16-12-4/h29-34,39-54,59-62H,9-28,35-38,55-58H2,1-8H3. The lowest BCUT2D eigenvalue weighted by atomic mass is 9.68. The van der Waals surface area contributed by atoms with Crippen molar-refractivity contribution in [2.45, 2.75) is 245 Å². The van der Waals surface area contributed by atoms with E-state index in [-0.39, 0.29) is 16.2 Å². The molecule has 0 atom stereocenters. The van der Waals surface area contributed by atoms with Gasteiger partial charge in [-0.15, -0.1) is 0 Å². The van der Waals surface area contributed by atoms with Gasteiger partial charge in [0, 0.05) is 39.1 Å². The maximum atomic E-state index is 6.40. The number of aromatic nitrogens is 2. The highest BCUT2D eigenvalue weighted by molar-refractivity contribution is 6.24. The van der Waals surface area contributed by atoms with E-state index < -0.39 is 0 Å². The van der Waals surface area contributed by atoms with E-state index in [1.807, 2.05) is 0 Å². The molecule has 1 aromatic heterocycles. The number of hydrogen-bond acceptors (Lipinski definition) is 2. The van der Waals surface area contributed by atoms with E-state index in [1.165, 1.54) is 226 Å². The molecule has 0 fully saturated rings. The van der Waals surface area contributed by atoms with Crippen molar-refractivity contribution in [2.75, 3.05) is 6.61 Å². The quantitative estimate of drug-likeness (QED) is 0.0292. The summed E-state index contributed by atoms with van der Waals surface area (Å²) in [7, 11) is 0. The number of rotatable bonds is 35. The Morgan fingerprint density at radius 3 is 1.41 bits per heavy atom. The van der Waals surface area contributed by atoms with Crippen molar-refractivity contribution in [1.82, 2.24) is 9.55 Å². The minimum Gasteiger partial charge on any atom is -0.494 e. The molecular formula is C84H106N2O. The first-order valence-electron chi connectivity index (χ1n) is 35.1. The molecule has 87 heavy (non-hydrogen) atoms. The third-order valence-corrected chi connectivity index (χ3v) is 20.5. The van der Waals surface area contributed by atoms with Crippen LogP contribution in [0.5, 0.6) is 5.75 Å². The maximum absolute atomic E-state index is 6.40. The molecule has 0 unspecified atom stereocenters. The van der Waals surface area contributed by atoms with Gasteiger partial charge in [0.05, 0.1) is 17.6 Å². The predicted octanol–water partition coefficient (Wildman–Crippen LogP) is 25.2. The van der Waals surface area contributed by atoms with Gasteiger partial charge in [-0.1, -0.05) is 312 Å². The zero-order chi connectivity index (χ0) is 60.6. The Bertz CT molecular complexity index is 3600. The highest BCUT2D eigenvalue weighted by atomic mass is 16.5.